The maximum absolute atomic E-state index is 11.8. The Morgan fingerprint density at radius 1 is 1.33 bits per heavy atom. The first-order valence-electron chi connectivity index (χ1n) is 6.30. The highest BCUT2D eigenvalue weighted by atomic mass is 32.1. The van der Waals surface area contributed by atoms with Crippen LogP contribution in [-0.4, -0.2) is 25.1 Å². The average Bonchev–Trinajstić information content (AvgIpc) is 2.89. The zero-order valence-corrected chi connectivity index (χ0v) is 12.7. The van der Waals surface area contributed by atoms with E-state index in [9.17, 15) is 4.79 Å². The summed E-state index contributed by atoms with van der Waals surface area (Å²) in [6, 6.07) is 5.52. The third kappa shape index (κ3) is 4.09. The number of carbonyl (C=O) groups is 1. The molecule has 0 unspecified atom stereocenters. The average molecular weight is 307 g/mol. The molecule has 0 spiro atoms. The molecule has 1 aromatic heterocycles. The van der Waals surface area contributed by atoms with Crippen LogP contribution >= 0.6 is 11.3 Å². The fraction of sp³-hybridized carbons (Fsp3) is 0.286. The van der Waals surface area contributed by atoms with Crippen molar-refractivity contribution in [2.24, 2.45) is 0 Å². The van der Waals surface area contributed by atoms with Crippen LogP contribution in [0.2, 0.25) is 0 Å². The van der Waals surface area contributed by atoms with E-state index in [0.717, 1.165) is 5.56 Å². The van der Waals surface area contributed by atoms with E-state index in [1.54, 1.807) is 25.7 Å². The normalized spacial score (nSPS) is 10.2. The van der Waals surface area contributed by atoms with Crippen LogP contribution in [0.15, 0.2) is 23.6 Å². The number of nitrogens with zero attached hydrogens (tertiary/aromatic N) is 1. The van der Waals surface area contributed by atoms with Gasteiger partial charge in [-0.15, -0.1) is 11.3 Å². The number of nitrogens with one attached hydrogen (secondary N) is 1. The summed E-state index contributed by atoms with van der Waals surface area (Å²) < 4.78 is 10.4. The van der Waals surface area contributed by atoms with Crippen molar-refractivity contribution in [2.45, 2.75) is 13.0 Å². The number of rotatable bonds is 6. The maximum atomic E-state index is 11.8. The molecule has 21 heavy (non-hydrogen) atoms. The van der Waals surface area contributed by atoms with Crippen molar-refractivity contribution in [2.75, 3.05) is 20.0 Å². The second-order valence-electron chi connectivity index (χ2n) is 4.32. The molecule has 0 aliphatic carbocycles. The van der Waals surface area contributed by atoms with Crippen molar-refractivity contribution in [3.8, 4) is 11.5 Å². The number of amides is 1. The SMILES string of the molecule is COc1ccc(CNC(=O)Cc2csc(N)n2)cc1OC. The highest BCUT2D eigenvalue weighted by molar-refractivity contribution is 7.13. The van der Waals surface area contributed by atoms with Crippen LogP contribution in [0.25, 0.3) is 0 Å². The molecule has 2 aromatic rings. The molecule has 3 N–H and O–H groups in total. The van der Waals surface area contributed by atoms with Gasteiger partial charge in [-0.05, 0) is 17.7 Å². The summed E-state index contributed by atoms with van der Waals surface area (Å²) in [5.74, 6) is 1.19. The fourth-order valence-electron chi connectivity index (χ4n) is 1.82. The van der Waals surface area contributed by atoms with Gasteiger partial charge in [0.15, 0.2) is 16.6 Å². The van der Waals surface area contributed by atoms with Gasteiger partial charge < -0.3 is 20.5 Å². The van der Waals surface area contributed by atoms with Crippen LogP contribution in [0, 0.1) is 0 Å². The Morgan fingerprint density at radius 2 is 2.10 bits per heavy atom. The molecule has 0 atom stereocenters. The van der Waals surface area contributed by atoms with E-state index in [-0.39, 0.29) is 12.3 Å². The second-order valence-corrected chi connectivity index (χ2v) is 5.21. The Kier molecular flexibility index (Phi) is 4.99. The summed E-state index contributed by atoms with van der Waals surface area (Å²) in [6.07, 6.45) is 0.223. The summed E-state index contributed by atoms with van der Waals surface area (Å²) in [6.45, 7) is 0.415. The van der Waals surface area contributed by atoms with Crippen molar-refractivity contribution in [3.63, 3.8) is 0 Å². The van der Waals surface area contributed by atoms with E-state index in [1.165, 1.54) is 11.3 Å². The summed E-state index contributed by atoms with van der Waals surface area (Å²) in [4.78, 5) is 15.9. The Morgan fingerprint density at radius 3 is 2.71 bits per heavy atom. The molecule has 1 amide bonds. The first-order valence-corrected chi connectivity index (χ1v) is 7.18. The number of anilines is 1. The monoisotopic (exact) mass is 307 g/mol. The number of benzene rings is 1. The lowest BCUT2D eigenvalue weighted by atomic mass is 10.2. The van der Waals surface area contributed by atoms with E-state index in [2.05, 4.69) is 10.3 Å². The minimum absolute atomic E-state index is 0.102. The van der Waals surface area contributed by atoms with Crippen molar-refractivity contribution in [1.29, 1.82) is 0 Å². The fourth-order valence-corrected chi connectivity index (χ4v) is 2.38. The number of nitrogens with two attached hydrogens (primary N) is 1. The Balaban J connectivity index is 1.91. The van der Waals surface area contributed by atoms with E-state index in [0.29, 0.717) is 28.9 Å². The number of hydrogen-bond donors (Lipinski definition) is 2. The number of methoxy groups -OCH3 is 2. The first kappa shape index (κ1) is 15.1. The molecule has 0 aliphatic heterocycles. The molecule has 6 nitrogen and oxygen atoms in total. The molecular weight excluding hydrogens is 290 g/mol. The molecule has 1 heterocycles. The van der Waals surface area contributed by atoms with Crippen LogP contribution in [0.5, 0.6) is 11.5 Å². The number of carbonyl (C=O) groups excluding carboxylic acids is 1. The number of aromatic nitrogens is 1. The largest absolute Gasteiger partial charge is 0.493 e. The lowest BCUT2D eigenvalue weighted by molar-refractivity contribution is -0.120. The third-order valence-corrected chi connectivity index (χ3v) is 3.57. The number of nitrogen functional groups attached to an aromatic ring is 1. The first-order chi connectivity index (χ1) is 10.1. The van der Waals surface area contributed by atoms with Gasteiger partial charge >= 0.3 is 0 Å². The number of hydrogen-bond acceptors (Lipinski definition) is 6. The standard InChI is InChI=1S/C14H17N3O3S/c1-19-11-4-3-9(5-12(11)20-2)7-16-13(18)6-10-8-21-14(15)17-10/h3-5,8H,6-7H2,1-2H3,(H2,15,17)(H,16,18). The summed E-state index contributed by atoms with van der Waals surface area (Å²) in [5.41, 5.74) is 7.14. The molecule has 1 aromatic carbocycles. The van der Waals surface area contributed by atoms with Crippen molar-refractivity contribution >= 4 is 22.4 Å². The Bertz CT molecular complexity index is 628. The van der Waals surface area contributed by atoms with E-state index in [4.69, 9.17) is 15.2 Å². The van der Waals surface area contributed by atoms with Crippen molar-refractivity contribution < 1.29 is 14.3 Å². The van der Waals surface area contributed by atoms with E-state index >= 15 is 0 Å². The Labute approximate surface area is 126 Å². The zero-order chi connectivity index (χ0) is 15.2. The Hall–Kier alpha value is -2.28. The lowest BCUT2D eigenvalue weighted by Gasteiger charge is -2.10. The van der Waals surface area contributed by atoms with Gasteiger partial charge in [0.25, 0.3) is 0 Å². The summed E-state index contributed by atoms with van der Waals surface area (Å²) >= 11 is 1.33. The van der Waals surface area contributed by atoms with Gasteiger partial charge in [-0.2, -0.15) is 0 Å². The molecule has 7 heteroatoms. The van der Waals surface area contributed by atoms with E-state index < -0.39 is 0 Å². The van der Waals surface area contributed by atoms with Gasteiger partial charge in [0.2, 0.25) is 5.91 Å². The van der Waals surface area contributed by atoms with Crippen LogP contribution in [0.1, 0.15) is 11.3 Å². The number of thiazole rings is 1. The lowest BCUT2D eigenvalue weighted by Crippen LogP contribution is -2.24. The second kappa shape index (κ2) is 6.94. The molecule has 0 saturated heterocycles. The molecule has 0 aliphatic rings. The van der Waals surface area contributed by atoms with Gasteiger partial charge in [-0.1, -0.05) is 6.07 Å². The van der Waals surface area contributed by atoms with Gasteiger partial charge in [0.05, 0.1) is 26.3 Å². The minimum atomic E-state index is -0.102. The maximum Gasteiger partial charge on any atom is 0.226 e. The topological polar surface area (TPSA) is 86.5 Å². The molecule has 0 radical (unpaired) electrons. The van der Waals surface area contributed by atoms with Crippen LogP contribution in [0.3, 0.4) is 0 Å². The molecule has 112 valence electrons. The minimum Gasteiger partial charge on any atom is -0.493 e. The highest BCUT2D eigenvalue weighted by Crippen LogP contribution is 2.27. The van der Waals surface area contributed by atoms with E-state index in [1.807, 2.05) is 12.1 Å². The van der Waals surface area contributed by atoms with Crippen molar-refractivity contribution in [3.05, 3.63) is 34.8 Å². The van der Waals surface area contributed by atoms with Crippen LogP contribution in [-0.2, 0) is 17.8 Å². The molecular formula is C14H17N3O3S. The van der Waals surface area contributed by atoms with Crippen LogP contribution < -0.4 is 20.5 Å². The van der Waals surface area contributed by atoms with Gasteiger partial charge in [0.1, 0.15) is 0 Å². The predicted octanol–water partition coefficient (Wildman–Crippen LogP) is 1.60. The van der Waals surface area contributed by atoms with Gasteiger partial charge in [0, 0.05) is 11.9 Å². The number of ether oxygens (including phenoxy) is 2. The molecule has 0 saturated carbocycles. The zero-order valence-electron chi connectivity index (χ0n) is 11.9. The van der Waals surface area contributed by atoms with Crippen molar-refractivity contribution in [1.82, 2.24) is 10.3 Å². The quantitative estimate of drug-likeness (QED) is 0.846. The molecule has 0 bridgehead atoms. The smallest absolute Gasteiger partial charge is 0.226 e. The summed E-state index contributed by atoms with van der Waals surface area (Å²) in [7, 11) is 3.16. The van der Waals surface area contributed by atoms with Gasteiger partial charge in [-0.25, -0.2) is 4.98 Å². The summed E-state index contributed by atoms with van der Waals surface area (Å²) in [5, 5.41) is 5.09. The van der Waals surface area contributed by atoms with Gasteiger partial charge in [-0.3, -0.25) is 4.79 Å². The third-order valence-electron chi connectivity index (χ3n) is 2.85. The predicted molar refractivity (Wildman–Crippen MR) is 81.6 cm³/mol. The molecule has 0 fully saturated rings. The van der Waals surface area contributed by atoms with Crippen LogP contribution in [0.4, 0.5) is 5.13 Å². The highest BCUT2D eigenvalue weighted by Gasteiger charge is 2.08. The molecule has 2 rings (SSSR count).